The molecule has 3 amide bonds. The van der Waals surface area contributed by atoms with E-state index in [1.54, 1.807) is 23.9 Å². The molecule has 0 radical (unpaired) electrons. The number of aliphatic hydroxyl groups excluding tert-OH is 1. The van der Waals surface area contributed by atoms with Crippen LogP contribution in [-0.4, -0.2) is 34.7 Å². The minimum atomic E-state index is -0.603. The van der Waals surface area contributed by atoms with E-state index in [-0.39, 0.29) is 36.5 Å². The number of thioether (sulfide) groups is 1. The average molecular weight is 787 g/mol. The summed E-state index contributed by atoms with van der Waals surface area (Å²) >= 11 is 1.70. The van der Waals surface area contributed by atoms with Gasteiger partial charge in [-0.1, -0.05) is 79.2 Å². The van der Waals surface area contributed by atoms with E-state index in [2.05, 4.69) is 40.2 Å². The zero-order valence-electron chi connectivity index (χ0n) is 32.1. The Hall–Kier alpha value is -5.46. The lowest BCUT2D eigenvalue weighted by molar-refractivity contribution is -0.245. The predicted molar refractivity (Wildman–Crippen MR) is 226 cm³/mol. The smallest absolute Gasteiger partial charge is 0.224 e. The van der Waals surface area contributed by atoms with Gasteiger partial charge in [0, 0.05) is 54.6 Å². The highest BCUT2D eigenvalue weighted by atomic mass is 32.2. The number of benzene rings is 5. The summed E-state index contributed by atoms with van der Waals surface area (Å²) in [4.78, 5) is 37.5. The number of nitrogens with one attached hydrogen (secondary N) is 3. The summed E-state index contributed by atoms with van der Waals surface area (Å²) in [7, 11) is 0. The summed E-state index contributed by atoms with van der Waals surface area (Å²) in [5, 5.41) is 18.3. The Morgan fingerprint density at radius 1 is 0.737 bits per heavy atom. The molecule has 3 unspecified atom stereocenters. The Kier molecular flexibility index (Phi) is 14.9. The second kappa shape index (κ2) is 20.6. The van der Waals surface area contributed by atoms with Gasteiger partial charge >= 0.3 is 0 Å². The molecule has 1 saturated heterocycles. The molecule has 1 aliphatic rings. The van der Waals surface area contributed by atoms with Crippen molar-refractivity contribution in [3.05, 3.63) is 144 Å². The summed E-state index contributed by atoms with van der Waals surface area (Å²) in [5.74, 6) is 0.496. The monoisotopic (exact) mass is 786 g/mol. The number of ether oxygens (including phenoxy) is 2. The molecular formula is C46H50N4O6S. The summed E-state index contributed by atoms with van der Waals surface area (Å²) < 4.78 is 13.3. The molecule has 10 nitrogen and oxygen atoms in total. The van der Waals surface area contributed by atoms with Gasteiger partial charge in [0.05, 0.1) is 30.2 Å². The van der Waals surface area contributed by atoms with Gasteiger partial charge in [0.1, 0.15) is 0 Å². The Bertz CT molecular complexity index is 2110. The van der Waals surface area contributed by atoms with E-state index in [0.29, 0.717) is 55.8 Å². The van der Waals surface area contributed by atoms with Gasteiger partial charge in [0.2, 0.25) is 17.7 Å². The van der Waals surface area contributed by atoms with Gasteiger partial charge in [-0.25, -0.2) is 0 Å². The van der Waals surface area contributed by atoms with Gasteiger partial charge in [-0.05, 0) is 89.2 Å². The van der Waals surface area contributed by atoms with Gasteiger partial charge in [-0.3, -0.25) is 14.4 Å². The van der Waals surface area contributed by atoms with Crippen molar-refractivity contribution in [1.29, 1.82) is 0 Å². The third kappa shape index (κ3) is 12.5. The van der Waals surface area contributed by atoms with Crippen LogP contribution in [-0.2, 0) is 37.0 Å². The fourth-order valence-electron chi connectivity index (χ4n) is 6.64. The van der Waals surface area contributed by atoms with Crippen LogP contribution in [0.3, 0.4) is 0 Å². The van der Waals surface area contributed by atoms with Crippen LogP contribution >= 0.6 is 11.8 Å². The maximum absolute atomic E-state index is 12.7. The number of para-hydroxylation sites is 2. The number of rotatable bonds is 17. The van der Waals surface area contributed by atoms with Crippen LogP contribution in [0.5, 0.6) is 0 Å². The van der Waals surface area contributed by atoms with E-state index in [4.69, 9.17) is 15.2 Å². The molecule has 296 valence electrons. The van der Waals surface area contributed by atoms with Gasteiger partial charge in [-0.2, -0.15) is 0 Å². The van der Waals surface area contributed by atoms with Crippen LogP contribution in [0.4, 0.5) is 17.1 Å². The first-order chi connectivity index (χ1) is 27.7. The lowest BCUT2D eigenvalue weighted by Gasteiger charge is -2.36. The molecule has 3 atom stereocenters. The first-order valence-corrected chi connectivity index (χ1v) is 20.3. The highest BCUT2D eigenvalue weighted by Crippen LogP contribution is 2.40. The molecule has 6 N–H and O–H groups in total. The normalized spacial score (nSPS) is 16.4. The van der Waals surface area contributed by atoms with Gasteiger partial charge < -0.3 is 36.3 Å². The number of unbranched alkanes of at least 4 members (excludes halogenated alkanes) is 2. The van der Waals surface area contributed by atoms with Crippen molar-refractivity contribution >= 4 is 46.5 Å². The zero-order valence-corrected chi connectivity index (χ0v) is 32.9. The van der Waals surface area contributed by atoms with Crippen molar-refractivity contribution in [1.82, 2.24) is 5.32 Å². The zero-order chi connectivity index (χ0) is 40.0. The van der Waals surface area contributed by atoms with Crippen LogP contribution < -0.4 is 21.7 Å². The SMILES string of the molecule is CC(=O)Nc1ccc(SCC2CC(c3ccc(CO)cc3)OC(c3cccc(-c4cccc(CNC(=O)CCCCCC(=O)Nc5ccccc5N)c4)c3)O2)cc1. The van der Waals surface area contributed by atoms with Crippen LogP contribution in [0.2, 0.25) is 0 Å². The van der Waals surface area contributed by atoms with Crippen LogP contribution in [0.15, 0.2) is 126 Å². The van der Waals surface area contributed by atoms with Crippen molar-refractivity contribution in [3.8, 4) is 11.1 Å². The molecular weight excluding hydrogens is 737 g/mol. The van der Waals surface area contributed by atoms with E-state index in [0.717, 1.165) is 50.4 Å². The van der Waals surface area contributed by atoms with E-state index in [1.807, 2.05) is 84.9 Å². The average Bonchev–Trinajstić information content (AvgIpc) is 3.23. The Balaban J connectivity index is 1.04. The molecule has 57 heavy (non-hydrogen) atoms. The summed E-state index contributed by atoms with van der Waals surface area (Å²) in [6.45, 7) is 1.88. The third-order valence-electron chi connectivity index (χ3n) is 9.68. The third-order valence-corrected chi connectivity index (χ3v) is 10.8. The highest BCUT2D eigenvalue weighted by Gasteiger charge is 2.32. The van der Waals surface area contributed by atoms with E-state index < -0.39 is 6.29 Å². The van der Waals surface area contributed by atoms with Gasteiger partial charge in [0.15, 0.2) is 6.29 Å². The molecule has 0 bridgehead atoms. The Labute approximate surface area is 338 Å². The van der Waals surface area contributed by atoms with Crippen LogP contribution in [0.25, 0.3) is 11.1 Å². The van der Waals surface area contributed by atoms with Gasteiger partial charge in [-0.15, -0.1) is 11.8 Å². The number of aliphatic hydroxyl groups is 1. The Morgan fingerprint density at radius 2 is 1.46 bits per heavy atom. The molecule has 0 spiro atoms. The largest absolute Gasteiger partial charge is 0.397 e. The second-order valence-electron chi connectivity index (χ2n) is 14.2. The van der Waals surface area contributed by atoms with E-state index >= 15 is 0 Å². The fourth-order valence-corrected chi connectivity index (χ4v) is 7.56. The standard InChI is InChI=1S/C46H50N4O6S/c1-31(52)49-38-21-23-40(24-22-38)57-30-39-27-43(34-19-17-32(29-51)18-20-34)56-46(55-39)37-12-8-11-36(26-37)35-10-7-9-33(25-35)28-48-44(53)15-3-2-4-16-45(54)50-42-14-6-5-13-41(42)47/h5-14,17-26,39,43,46,51H,2-4,15-16,27-30,47H2,1H3,(H,48,53)(H,49,52)(H,50,54). The minimum Gasteiger partial charge on any atom is -0.397 e. The summed E-state index contributed by atoms with van der Waals surface area (Å²) in [6, 6.07) is 39.1. The molecule has 1 fully saturated rings. The molecule has 1 heterocycles. The number of nitrogens with two attached hydrogens (primary N) is 1. The van der Waals surface area contributed by atoms with Crippen molar-refractivity contribution < 1.29 is 29.0 Å². The number of amides is 3. The molecule has 5 aromatic carbocycles. The van der Waals surface area contributed by atoms with Crippen LogP contribution in [0.1, 0.15) is 80.1 Å². The van der Waals surface area contributed by atoms with E-state index in [9.17, 15) is 19.5 Å². The molecule has 11 heteroatoms. The highest BCUT2D eigenvalue weighted by molar-refractivity contribution is 7.99. The number of anilines is 3. The van der Waals surface area contributed by atoms with E-state index in [1.165, 1.54) is 6.92 Å². The molecule has 0 aliphatic carbocycles. The summed E-state index contributed by atoms with van der Waals surface area (Å²) in [6.07, 6.45) is 2.68. The summed E-state index contributed by atoms with van der Waals surface area (Å²) in [5.41, 5.74) is 13.6. The predicted octanol–water partition coefficient (Wildman–Crippen LogP) is 8.93. The maximum Gasteiger partial charge on any atom is 0.224 e. The fraction of sp³-hybridized carbons (Fsp3) is 0.283. The minimum absolute atomic E-state index is 0.0204. The van der Waals surface area contributed by atoms with Crippen molar-refractivity contribution in [2.24, 2.45) is 0 Å². The number of hydrogen-bond acceptors (Lipinski definition) is 8. The topological polar surface area (TPSA) is 152 Å². The molecule has 0 aromatic heterocycles. The molecule has 6 rings (SSSR count). The Morgan fingerprint density at radius 3 is 2.19 bits per heavy atom. The number of nitrogen functional groups attached to an aromatic ring is 1. The first-order valence-electron chi connectivity index (χ1n) is 19.3. The molecule has 5 aromatic rings. The lowest BCUT2D eigenvalue weighted by Crippen LogP contribution is -2.31. The van der Waals surface area contributed by atoms with Crippen molar-refractivity contribution in [2.45, 2.75) is 82.0 Å². The molecule has 1 aliphatic heterocycles. The van der Waals surface area contributed by atoms with Crippen molar-refractivity contribution in [2.75, 3.05) is 22.1 Å². The van der Waals surface area contributed by atoms with Crippen molar-refractivity contribution in [3.63, 3.8) is 0 Å². The van der Waals surface area contributed by atoms with Gasteiger partial charge in [0.25, 0.3) is 0 Å². The quantitative estimate of drug-likeness (QED) is 0.0356. The maximum atomic E-state index is 12.7. The molecule has 0 saturated carbocycles. The second-order valence-corrected chi connectivity index (χ2v) is 15.3. The number of carbonyl (C=O) groups excluding carboxylic acids is 3. The number of hydrogen-bond donors (Lipinski definition) is 5. The first kappa shape index (κ1) is 41.2. The lowest BCUT2D eigenvalue weighted by atomic mass is 9.99. The van der Waals surface area contributed by atoms with Crippen LogP contribution in [0, 0.1) is 0 Å². The number of carbonyl (C=O) groups is 3.